The van der Waals surface area contributed by atoms with Gasteiger partial charge in [-0.05, 0) is 61.3 Å². The molecule has 1 amide bonds. The van der Waals surface area contributed by atoms with Crippen LogP contribution in [0.25, 0.3) is 0 Å². The van der Waals surface area contributed by atoms with Crippen molar-refractivity contribution in [1.29, 1.82) is 0 Å². The van der Waals surface area contributed by atoms with E-state index in [1.807, 2.05) is 36.4 Å². The number of nitrogens with two attached hydrogens (primary N) is 1. The summed E-state index contributed by atoms with van der Waals surface area (Å²) < 4.78 is 0. The van der Waals surface area contributed by atoms with Gasteiger partial charge in [0, 0.05) is 6.04 Å². The van der Waals surface area contributed by atoms with Crippen molar-refractivity contribution in [3.63, 3.8) is 0 Å². The summed E-state index contributed by atoms with van der Waals surface area (Å²) >= 11 is 0. The number of amides is 1. The molecular weight excluding hydrogens is 392 g/mol. The highest BCUT2D eigenvalue weighted by Gasteiger charge is 2.48. The molecule has 1 aliphatic rings. The van der Waals surface area contributed by atoms with E-state index in [9.17, 15) is 4.79 Å². The van der Waals surface area contributed by atoms with Crippen LogP contribution < -0.4 is 11.1 Å². The van der Waals surface area contributed by atoms with Gasteiger partial charge in [0.2, 0.25) is 5.91 Å². The second kappa shape index (κ2) is 10.6. The Morgan fingerprint density at radius 2 is 1.41 bits per heavy atom. The second-order valence-electron chi connectivity index (χ2n) is 9.01. The number of carbonyl (C=O) groups is 1. The molecule has 0 aromatic heterocycles. The molecule has 3 nitrogen and oxygen atoms in total. The van der Waals surface area contributed by atoms with Crippen molar-refractivity contribution in [2.75, 3.05) is 6.54 Å². The minimum atomic E-state index is -0.799. The van der Waals surface area contributed by atoms with E-state index < -0.39 is 5.41 Å². The van der Waals surface area contributed by atoms with Gasteiger partial charge < -0.3 is 11.1 Å². The number of aryl methyl sites for hydroxylation is 1. The lowest BCUT2D eigenvalue weighted by Gasteiger charge is -2.43. The number of hydrogen-bond acceptors (Lipinski definition) is 2. The van der Waals surface area contributed by atoms with Crippen molar-refractivity contribution < 1.29 is 4.79 Å². The summed E-state index contributed by atoms with van der Waals surface area (Å²) in [6.45, 7) is 0.993. The smallest absolute Gasteiger partial charge is 0.232 e. The maximum absolute atomic E-state index is 13.2. The van der Waals surface area contributed by atoms with Crippen molar-refractivity contribution >= 4 is 5.91 Å². The predicted octanol–water partition coefficient (Wildman–Crippen LogP) is 5.24. The van der Waals surface area contributed by atoms with Crippen LogP contribution in [0.3, 0.4) is 0 Å². The number of nitrogens with one attached hydrogen (secondary N) is 1. The average molecular weight is 427 g/mol. The molecule has 3 aromatic carbocycles. The first kappa shape index (κ1) is 22.3. The summed E-state index contributed by atoms with van der Waals surface area (Å²) in [7, 11) is 0. The third-order valence-corrected chi connectivity index (χ3v) is 7.05. The topological polar surface area (TPSA) is 55.1 Å². The molecule has 3 aromatic rings. The molecule has 3 N–H and O–H groups in total. The van der Waals surface area contributed by atoms with E-state index in [-0.39, 0.29) is 11.8 Å². The Morgan fingerprint density at radius 3 is 1.97 bits per heavy atom. The zero-order valence-corrected chi connectivity index (χ0v) is 18.8. The van der Waals surface area contributed by atoms with Gasteiger partial charge in [-0.2, -0.15) is 0 Å². The van der Waals surface area contributed by atoms with Crippen molar-refractivity contribution in [2.45, 2.75) is 50.0 Å². The first-order valence-electron chi connectivity index (χ1n) is 11.9. The lowest BCUT2D eigenvalue weighted by atomic mass is 9.60. The van der Waals surface area contributed by atoms with Gasteiger partial charge in [0.05, 0.1) is 0 Å². The molecule has 0 bridgehead atoms. The summed E-state index contributed by atoms with van der Waals surface area (Å²) in [4.78, 5) is 13.2. The molecule has 0 unspecified atom stereocenters. The molecule has 0 spiro atoms. The van der Waals surface area contributed by atoms with Crippen LogP contribution in [0, 0.1) is 5.92 Å². The number of rotatable bonds is 9. The van der Waals surface area contributed by atoms with E-state index in [1.165, 1.54) is 5.56 Å². The third kappa shape index (κ3) is 4.78. The van der Waals surface area contributed by atoms with Gasteiger partial charge in [-0.1, -0.05) is 97.4 Å². The first-order chi connectivity index (χ1) is 15.7. The molecule has 0 heterocycles. The van der Waals surface area contributed by atoms with Gasteiger partial charge in [-0.25, -0.2) is 0 Å². The summed E-state index contributed by atoms with van der Waals surface area (Å²) in [6.07, 6.45) is 6.43. The fraction of sp³-hybridized carbons (Fsp3) is 0.345. The Hall–Kier alpha value is -2.91. The molecule has 1 fully saturated rings. The van der Waals surface area contributed by atoms with Crippen molar-refractivity contribution in [2.24, 2.45) is 11.7 Å². The summed E-state index contributed by atoms with van der Waals surface area (Å²) in [5, 5.41) is 3.78. The van der Waals surface area contributed by atoms with Gasteiger partial charge in [0.1, 0.15) is 5.41 Å². The molecule has 0 radical (unpaired) electrons. The normalized spacial score (nSPS) is 18.9. The highest BCUT2D eigenvalue weighted by molar-refractivity contribution is 5.91. The van der Waals surface area contributed by atoms with Crippen LogP contribution in [0.5, 0.6) is 0 Å². The molecule has 0 aliphatic heterocycles. The zero-order valence-electron chi connectivity index (χ0n) is 18.8. The number of carbonyl (C=O) groups excluding carboxylic acids is 1. The number of hydrogen-bond donors (Lipinski definition) is 2. The Kier molecular flexibility index (Phi) is 7.39. The second-order valence-corrected chi connectivity index (χ2v) is 9.01. The number of primary amides is 1. The lowest BCUT2D eigenvalue weighted by Crippen LogP contribution is -2.51. The van der Waals surface area contributed by atoms with E-state index in [4.69, 9.17) is 5.73 Å². The summed E-state index contributed by atoms with van der Waals surface area (Å²) in [6, 6.07) is 31.4. The molecule has 166 valence electrons. The monoisotopic (exact) mass is 426 g/mol. The maximum atomic E-state index is 13.2. The van der Waals surface area contributed by atoms with Gasteiger partial charge in [0.25, 0.3) is 0 Å². The highest BCUT2D eigenvalue weighted by Crippen LogP contribution is 2.45. The van der Waals surface area contributed by atoms with E-state index in [0.717, 1.165) is 56.2 Å². The third-order valence-electron chi connectivity index (χ3n) is 7.05. The Labute approximate surface area is 192 Å². The van der Waals surface area contributed by atoms with Gasteiger partial charge >= 0.3 is 0 Å². The molecule has 4 rings (SSSR count). The quantitative estimate of drug-likeness (QED) is 0.460. The van der Waals surface area contributed by atoms with E-state index in [0.29, 0.717) is 6.04 Å². The van der Waals surface area contributed by atoms with E-state index in [2.05, 4.69) is 59.9 Å². The van der Waals surface area contributed by atoms with Crippen LogP contribution in [-0.2, 0) is 16.6 Å². The Bertz CT molecular complexity index is 932. The average Bonchev–Trinajstić information content (AvgIpc) is 2.84. The van der Waals surface area contributed by atoms with Crippen molar-refractivity contribution in [1.82, 2.24) is 5.32 Å². The van der Waals surface area contributed by atoms with Crippen molar-refractivity contribution in [3.8, 4) is 0 Å². The standard InChI is InChI=1S/C29H34N2O/c30-28(32)29(24-15-6-2-7-16-24,25-17-8-3-9-18-25)26-19-10-20-27(22-26)31-21-11-14-23-12-4-1-5-13-23/h1-9,12-13,15-18,26-27,31H,10-11,14,19-22H2,(H2,30,32)/t26-,27+/m0/s1. The number of benzene rings is 3. The molecule has 1 saturated carbocycles. The Balaban J connectivity index is 1.52. The van der Waals surface area contributed by atoms with E-state index >= 15 is 0 Å². The Morgan fingerprint density at radius 1 is 0.844 bits per heavy atom. The molecular formula is C29H34N2O. The SMILES string of the molecule is NC(=O)C(c1ccccc1)(c1ccccc1)[C@H]1CCC[C@@H](NCCCc2ccccc2)C1. The summed E-state index contributed by atoms with van der Waals surface area (Å²) in [5.74, 6) is -0.0743. The largest absolute Gasteiger partial charge is 0.369 e. The minimum absolute atomic E-state index is 0.171. The van der Waals surface area contributed by atoms with Crippen LogP contribution in [0.2, 0.25) is 0 Å². The van der Waals surface area contributed by atoms with Gasteiger partial charge in [-0.3, -0.25) is 4.79 Å². The maximum Gasteiger partial charge on any atom is 0.232 e. The van der Waals surface area contributed by atoms with Crippen LogP contribution in [0.1, 0.15) is 48.8 Å². The highest BCUT2D eigenvalue weighted by atomic mass is 16.1. The summed E-state index contributed by atoms with van der Waals surface area (Å²) in [5.41, 5.74) is 8.84. The lowest BCUT2D eigenvalue weighted by molar-refractivity contribution is -0.124. The van der Waals surface area contributed by atoms with Crippen LogP contribution in [-0.4, -0.2) is 18.5 Å². The molecule has 0 saturated heterocycles. The van der Waals surface area contributed by atoms with Crippen molar-refractivity contribution in [3.05, 3.63) is 108 Å². The van der Waals surface area contributed by atoms with Crippen LogP contribution in [0.15, 0.2) is 91.0 Å². The minimum Gasteiger partial charge on any atom is -0.369 e. The molecule has 2 atom stereocenters. The molecule has 32 heavy (non-hydrogen) atoms. The molecule has 3 heteroatoms. The van der Waals surface area contributed by atoms with Gasteiger partial charge in [-0.15, -0.1) is 0 Å². The van der Waals surface area contributed by atoms with E-state index in [1.54, 1.807) is 0 Å². The van der Waals surface area contributed by atoms with Gasteiger partial charge in [0.15, 0.2) is 0 Å². The predicted molar refractivity (Wildman–Crippen MR) is 131 cm³/mol. The van der Waals surface area contributed by atoms with Crippen LogP contribution >= 0.6 is 0 Å². The van der Waals surface area contributed by atoms with Crippen LogP contribution in [0.4, 0.5) is 0 Å². The first-order valence-corrected chi connectivity index (χ1v) is 11.9. The molecule has 1 aliphatic carbocycles. The zero-order chi connectivity index (χ0) is 22.2. The fourth-order valence-corrected chi connectivity index (χ4v) is 5.54. The fourth-order valence-electron chi connectivity index (χ4n) is 5.54.